The molecule has 1 aliphatic heterocycles. The zero-order valence-corrected chi connectivity index (χ0v) is 16.8. The molecule has 0 spiro atoms. The van der Waals surface area contributed by atoms with Crippen LogP contribution in [0.4, 0.5) is 0 Å². The Labute approximate surface area is 175 Å². The van der Waals surface area contributed by atoms with Gasteiger partial charge in [-0.05, 0) is 34.9 Å². The summed E-state index contributed by atoms with van der Waals surface area (Å²) in [5, 5.41) is 0. The summed E-state index contributed by atoms with van der Waals surface area (Å²) in [5.74, 6) is -0.359. The molecule has 30 heavy (non-hydrogen) atoms. The van der Waals surface area contributed by atoms with Crippen molar-refractivity contribution in [3.8, 4) is 0 Å². The van der Waals surface area contributed by atoms with Crippen molar-refractivity contribution in [2.45, 2.75) is 25.9 Å². The van der Waals surface area contributed by atoms with E-state index in [0.29, 0.717) is 12.0 Å². The first-order valence-electron chi connectivity index (χ1n) is 9.95. The van der Waals surface area contributed by atoms with Crippen LogP contribution in [-0.2, 0) is 16.1 Å². The second kappa shape index (κ2) is 8.74. The molecule has 2 aromatic carbocycles. The van der Waals surface area contributed by atoms with E-state index in [1.807, 2.05) is 89.6 Å². The van der Waals surface area contributed by atoms with Crippen molar-refractivity contribution in [3.63, 3.8) is 0 Å². The van der Waals surface area contributed by atoms with Crippen molar-refractivity contribution in [3.05, 3.63) is 107 Å². The largest absolute Gasteiger partial charge is 0.329 e. The molecule has 5 nitrogen and oxygen atoms in total. The first-order valence-corrected chi connectivity index (χ1v) is 9.95. The number of amides is 2. The van der Waals surface area contributed by atoms with Gasteiger partial charge in [0.25, 0.3) is 0 Å². The highest BCUT2D eigenvalue weighted by molar-refractivity contribution is 5.82. The molecule has 150 valence electrons. The van der Waals surface area contributed by atoms with Gasteiger partial charge in [0.1, 0.15) is 5.49 Å². The van der Waals surface area contributed by atoms with E-state index in [2.05, 4.69) is 4.99 Å². The molecule has 0 N–H and O–H groups in total. The van der Waals surface area contributed by atoms with Crippen LogP contribution in [0.1, 0.15) is 36.1 Å². The first kappa shape index (κ1) is 19.6. The molecular formula is C25H23N3O2. The Hall–Kier alpha value is -3.73. The summed E-state index contributed by atoms with van der Waals surface area (Å²) in [7, 11) is 0. The van der Waals surface area contributed by atoms with Gasteiger partial charge in [-0.25, -0.2) is 0 Å². The molecule has 1 aromatic heterocycles. The SMILES string of the molecule is CC(=O)N1C=Cc2ccccc2C1CC(=O)N=c1ccccn1Cc1ccccc1. The maximum absolute atomic E-state index is 12.9. The summed E-state index contributed by atoms with van der Waals surface area (Å²) in [6, 6.07) is 23.1. The minimum atomic E-state index is -0.355. The fraction of sp³-hybridized carbons (Fsp3) is 0.160. The molecule has 5 heteroatoms. The van der Waals surface area contributed by atoms with Gasteiger partial charge >= 0.3 is 0 Å². The summed E-state index contributed by atoms with van der Waals surface area (Å²) < 4.78 is 1.95. The Bertz CT molecular complexity index is 1160. The molecule has 1 atom stereocenters. The maximum Gasteiger partial charge on any atom is 0.250 e. The summed E-state index contributed by atoms with van der Waals surface area (Å²) in [5.41, 5.74) is 3.71. The molecule has 1 unspecified atom stereocenters. The molecule has 1 aliphatic rings. The lowest BCUT2D eigenvalue weighted by Gasteiger charge is -2.31. The number of rotatable bonds is 4. The Kier molecular flexibility index (Phi) is 5.70. The average Bonchev–Trinajstić information content (AvgIpc) is 2.76. The van der Waals surface area contributed by atoms with Gasteiger partial charge in [0.2, 0.25) is 11.8 Å². The van der Waals surface area contributed by atoms with Gasteiger partial charge in [0, 0.05) is 25.9 Å². The van der Waals surface area contributed by atoms with Crippen LogP contribution in [0, 0.1) is 0 Å². The number of hydrogen-bond donors (Lipinski definition) is 0. The molecule has 0 saturated carbocycles. The third-order valence-electron chi connectivity index (χ3n) is 5.19. The first-order chi connectivity index (χ1) is 14.6. The number of hydrogen-bond acceptors (Lipinski definition) is 2. The van der Waals surface area contributed by atoms with E-state index in [0.717, 1.165) is 16.7 Å². The van der Waals surface area contributed by atoms with Gasteiger partial charge in [-0.3, -0.25) is 9.59 Å². The second-order valence-corrected chi connectivity index (χ2v) is 7.27. The van der Waals surface area contributed by atoms with Crippen molar-refractivity contribution in [1.82, 2.24) is 9.47 Å². The van der Waals surface area contributed by atoms with Gasteiger partial charge in [0.15, 0.2) is 0 Å². The normalized spacial score (nSPS) is 15.7. The molecule has 0 saturated heterocycles. The minimum absolute atomic E-state index is 0.0996. The van der Waals surface area contributed by atoms with Crippen LogP contribution in [0.5, 0.6) is 0 Å². The third-order valence-corrected chi connectivity index (χ3v) is 5.19. The number of benzene rings is 2. The zero-order chi connectivity index (χ0) is 20.9. The lowest BCUT2D eigenvalue weighted by atomic mass is 9.93. The van der Waals surface area contributed by atoms with Gasteiger partial charge in [-0.15, -0.1) is 0 Å². The topological polar surface area (TPSA) is 54.7 Å². The number of carbonyl (C=O) groups is 2. The number of nitrogens with zero attached hydrogens (tertiary/aromatic N) is 3. The summed E-state index contributed by atoms with van der Waals surface area (Å²) in [6.45, 7) is 2.14. The Morgan fingerprint density at radius 2 is 1.67 bits per heavy atom. The molecule has 2 amide bonds. The molecule has 0 radical (unpaired) electrons. The molecule has 0 bridgehead atoms. The maximum atomic E-state index is 12.9. The molecular weight excluding hydrogens is 374 g/mol. The average molecular weight is 397 g/mol. The number of fused-ring (bicyclic) bond motifs is 1. The quantitative estimate of drug-likeness (QED) is 0.670. The highest BCUT2D eigenvalue weighted by atomic mass is 16.2. The lowest BCUT2D eigenvalue weighted by molar-refractivity contribution is -0.129. The Morgan fingerprint density at radius 3 is 2.47 bits per heavy atom. The number of aromatic nitrogens is 1. The van der Waals surface area contributed by atoms with Gasteiger partial charge in [-0.2, -0.15) is 4.99 Å². The van der Waals surface area contributed by atoms with Crippen LogP contribution in [0.25, 0.3) is 6.08 Å². The summed E-state index contributed by atoms with van der Waals surface area (Å²) >= 11 is 0. The molecule has 3 aromatic rings. The van der Waals surface area contributed by atoms with E-state index >= 15 is 0 Å². The van der Waals surface area contributed by atoms with Crippen LogP contribution >= 0.6 is 0 Å². The van der Waals surface area contributed by atoms with Crippen molar-refractivity contribution >= 4 is 17.9 Å². The van der Waals surface area contributed by atoms with E-state index in [1.165, 1.54) is 6.92 Å². The highest BCUT2D eigenvalue weighted by Crippen LogP contribution is 2.32. The Balaban J connectivity index is 1.62. The van der Waals surface area contributed by atoms with E-state index in [1.54, 1.807) is 11.1 Å². The van der Waals surface area contributed by atoms with Crippen LogP contribution in [-0.4, -0.2) is 21.3 Å². The van der Waals surface area contributed by atoms with E-state index in [4.69, 9.17) is 0 Å². The van der Waals surface area contributed by atoms with Crippen molar-refractivity contribution in [2.24, 2.45) is 4.99 Å². The van der Waals surface area contributed by atoms with Crippen LogP contribution in [0.2, 0.25) is 0 Å². The standard InChI is InChI=1S/C25H23N3O2/c1-19(29)28-16-14-21-11-5-6-12-22(21)23(28)17-25(30)26-24-13-7-8-15-27(24)18-20-9-3-2-4-10-20/h2-16,23H,17-18H2,1H3. The minimum Gasteiger partial charge on any atom is -0.329 e. The monoisotopic (exact) mass is 397 g/mol. The van der Waals surface area contributed by atoms with Gasteiger partial charge in [0.05, 0.1) is 12.5 Å². The lowest BCUT2D eigenvalue weighted by Crippen LogP contribution is -2.32. The predicted octanol–water partition coefficient (Wildman–Crippen LogP) is 3.93. The fourth-order valence-corrected chi connectivity index (χ4v) is 3.73. The van der Waals surface area contributed by atoms with Crippen molar-refractivity contribution in [2.75, 3.05) is 0 Å². The van der Waals surface area contributed by atoms with Crippen LogP contribution < -0.4 is 5.49 Å². The molecule has 2 heterocycles. The second-order valence-electron chi connectivity index (χ2n) is 7.27. The fourth-order valence-electron chi connectivity index (χ4n) is 3.73. The zero-order valence-electron chi connectivity index (χ0n) is 16.8. The van der Waals surface area contributed by atoms with Crippen molar-refractivity contribution in [1.29, 1.82) is 0 Å². The third kappa shape index (κ3) is 4.30. The molecule has 4 rings (SSSR count). The van der Waals surface area contributed by atoms with Crippen molar-refractivity contribution < 1.29 is 9.59 Å². The number of pyridine rings is 1. The predicted molar refractivity (Wildman–Crippen MR) is 116 cm³/mol. The van der Waals surface area contributed by atoms with Gasteiger partial charge < -0.3 is 9.47 Å². The van der Waals surface area contributed by atoms with E-state index in [-0.39, 0.29) is 24.3 Å². The smallest absolute Gasteiger partial charge is 0.250 e. The summed E-state index contributed by atoms with van der Waals surface area (Å²) in [6.07, 6.45) is 5.70. The summed E-state index contributed by atoms with van der Waals surface area (Å²) in [4.78, 5) is 31.1. The Morgan fingerprint density at radius 1 is 0.933 bits per heavy atom. The molecule has 0 fully saturated rings. The van der Waals surface area contributed by atoms with E-state index < -0.39 is 0 Å². The molecule has 0 aliphatic carbocycles. The highest BCUT2D eigenvalue weighted by Gasteiger charge is 2.28. The van der Waals surface area contributed by atoms with Gasteiger partial charge in [-0.1, -0.05) is 60.7 Å². The van der Waals surface area contributed by atoms with Crippen LogP contribution in [0.3, 0.4) is 0 Å². The van der Waals surface area contributed by atoms with Crippen LogP contribution in [0.15, 0.2) is 90.2 Å². The number of carbonyl (C=O) groups excluding carboxylic acids is 2. The van der Waals surface area contributed by atoms with E-state index in [9.17, 15) is 9.59 Å².